The summed E-state index contributed by atoms with van der Waals surface area (Å²) in [5, 5.41) is 14.2. The summed E-state index contributed by atoms with van der Waals surface area (Å²) in [6.45, 7) is 2.09. The average Bonchev–Trinajstić information content (AvgIpc) is 3.09. The zero-order chi connectivity index (χ0) is 16.4. The van der Waals surface area contributed by atoms with Crippen molar-refractivity contribution in [3.05, 3.63) is 34.4 Å². The molecule has 2 fully saturated rings. The van der Waals surface area contributed by atoms with Crippen LogP contribution in [0.1, 0.15) is 25.7 Å². The number of non-ortho nitro benzene ring substituents is 1. The number of hydrogen-bond donors (Lipinski definition) is 1. The third-order valence-electron chi connectivity index (χ3n) is 4.85. The van der Waals surface area contributed by atoms with Gasteiger partial charge in [0.2, 0.25) is 10.0 Å². The lowest BCUT2D eigenvalue weighted by atomic mass is 9.89. The molecular formula is C15H21N3O4S. The van der Waals surface area contributed by atoms with E-state index in [4.69, 9.17) is 0 Å². The molecule has 2 saturated heterocycles. The number of sulfonamides is 1. The molecule has 2 heterocycles. The lowest BCUT2D eigenvalue weighted by molar-refractivity contribution is -0.384. The summed E-state index contributed by atoms with van der Waals surface area (Å²) in [5.74, 6) is 0.542. The van der Waals surface area contributed by atoms with E-state index < -0.39 is 14.9 Å². The summed E-state index contributed by atoms with van der Waals surface area (Å²) in [4.78, 5) is 10.3. The van der Waals surface area contributed by atoms with Gasteiger partial charge in [-0.1, -0.05) is 0 Å². The van der Waals surface area contributed by atoms with Gasteiger partial charge in [-0.3, -0.25) is 10.1 Å². The van der Waals surface area contributed by atoms with Crippen molar-refractivity contribution < 1.29 is 13.3 Å². The van der Waals surface area contributed by atoms with Crippen molar-refractivity contribution >= 4 is 15.7 Å². The number of nitro groups is 1. The molecule has 2 aliphatic rings. The minimum Gasteiger partial charge on any atom is -0.314 e. The average molecular weight is 339 g/mol. The van der Waals surface area contributed by atoms with Gasteiger partial charge in [-0.25, -0.2) is 8.42 Å². The van der Waals surface area contributed by atoms with Crippen LogP contribution in [0.3, 0.4) is 0 Å². The predicted molar refractivity (Wildman–Crippen MR) is 85.6 cm³/mol. The van der Waals surface area contributed by atoms with E-state index in [9.17, 15) is 18.5 Å². The molecule has 0 bridgehead atoms. The Morgan fingerprint density at radius 1 is 1.13 bits per heavy atom. The predicted octanol–water partition coefficient (Wildman–Crippen LogP) is 1.75. The van der Waals surface area contributed by atoms with Crippen LogP contribution in [0.25, 0.3) is 0 Å². The third kappa shape index (κ3) is 3.39. The molecule has 7 nitrogen and oxygen atoms in total. The monoisotopic (exact) mass is 339 g/mol. The smallest absolute Gasteiger partial charge is 0.269 e. The molecule has 126 valence electrons. The summed E-state index contributed by atoms with van der Waals surface area (Å²) in [7, 11) is -3.56. The molecule has 1 atom stereocenters. The first-order valence-corrected chi connectivity index (χ1v) is 9.40. The molecule has 0 aromatic heterocycles. The molecule has 0 spiro atoms. The van der Waals surface area contributed by atoms with Crippen LogP contribution < -0.4 is 5.32 Å². The van der Waals surface area contributed by atoms with E-state index in [2.05, 4.69) is 5.32 Å². The standard InChI is InChI=1S/C15H21N3O4S/c19-18(20)13-3-5-14(6-4-13)23(21,22)17-10-7-12(8-11-17)15-2-1-9-16-15/h3-6,12,15-16H,1-2,7-11H2. The molecule has 0 amide bonds. The Labute approximate surface area is 135 Å². The molecule has 1 unspecified atom stereocenters. The Hall–Kier alpha value is -1.51. The minimum absolute atomic E-state index is 0.102. The number of nitrogens with one attached hydrogen (secondary N) is 1. The molecule has 0 aliphatic carbocycles. The van der Waals surface area contributed by atoms with E-state index in [-0.39, 0.29) is 10.6 Å². The van der Waals surface area contributed by atoms with Gasteiger partial charge in [0.25, 0.3) is 5.69 Å². The van der Waals surface area contributed by atoms with Gasteiger partial charge in [0, 0.05) is 31.3 Å². The summed E-state index contributed by atoms with van der Waals surface area (Å²) in [6.07, 6.45) is 4.11. The van der Waals surface area contributed by atoms with Crippen molar-refractivity contribution in [3.63, 3.8) is 0 Å². The Morgan fingerprint density at radius 2 is 1.78 bits per heavy atom. The van der Waals surface area contributed by atoms with Gasteiger partial charge in [0.05, 0.1) is 9.82 Å². The van der Waals surface area contributed by atoms with Gasteiger partial charge < -0.3 is 5.32 Å². The Morgan fingerprint density at radius 3 is 2.30 bits per heavy atom. The number of hydrogen-bond acceptors (Lipinski definition) is 5. The molecule has 8 heteroatoms. The zero-order valence-corrected chi connectivity index (χ0v) is 13.7. The fourth-order valence-electron chi connectivity index (χ4n) is 3.52. The van der Waals surface area contributed by atoms with Crippen molar-refractivity contribution in [2.45, 2.75) is 36.6 Å². The van der Waals surface area contributed by atoms with Crippen LogP contribution >= 0.6 is 0 Å². The zero-order valence-electron chi connectivity index (χ0n) is 12.8. The van der Waals surface area contributed by atoms with Crippen LogP contribution in [0.15, 0.2) is 29.2 Å². The molecule has 1 N–H and O–H groups in total. The van der Waals surface area contributed by atoms with Gasteiger partial charge in [-0.05, 0) is 50.3 Å². The van der Waals surface area contributed by atoms with E-state index in [0.717, 1.165) is 19.4 Å². The van der Waals surface area contributed by atoms with Crippen LogP contribution in [0.4, 0.5) is 5.69 Å². The topological polar surface area (TPSA) is 92.5 Å². The van der Waals surface area contributed by atoms with Gasteiger partial charge in [0.1, 0.15) is 0 Å². The molecule has 3 rings (SSSR count). The minimum atomic E-state index is -3.56. The van der Waals surface area contributed by atoms with Crippen molar-refractivity contribution in [1.29, 1.82) is 0 Å². The lowest BCUT2D eigenvalue weighted by Crippen LogP contribution is -2.43. The number of benzene rings is 1. The van der Waals surface area contributed by atoms with Crippen LogP contribution in [0.2, 0.25) is 0 Å². The Balaban J connectivity index is 1.67. The highest BCUT2D eigenvalue weighted by Gasteiger charge is 2.33. The lowest BCUT2D eigenvalue weighted by Gasteiger charge is -2.34. The second-order valence-corrected chi connectivity index (χ2v) is 8.13. The van der Waals surface area contributed by atoms with Gasteiger partial charge in [-0.15, -0.1) is 0 Å². The van der Waals surface area contributed by atoms with E-state index in [1.165, 1.54) is 41.4 Å². The van der Waals surface area contributed by atoms with Crippen LogP contribution in [-0.4, -0.2) is 43.3 Å². The highest BCUT2D eigenvalue weighted by atomic mass is 32.2. The quantitative estimate of drug-likeness (QED) is 0.666. The van der Waals surface area contributed by atoms with E-state index in [0.29, 0.717) is 25.0 Å². The molecule has 23 heavy (non-hydrogen) atoms. The number of rotatable bonds is 4. The highest BCUT2D eigenvalue weighted by molar-refractivity contribution is 7.89. The maximum atomic E-state index is 12.6. The molecular weight excluding hydrogens is 318 g/mol. The van der Waals surface area contributed by atoms with E-state index in [1.54, 1.807) is 0 Å². The summed E-state index contributed by atoms with van der Waals surface area (Å²) < 4.78 is 26.8. The fourth-order valence-corrected chi connectivity index (χ4v) is 4.99. The summed E-state index contributed by atoms with van der Waals surface area (Å²) >= 11 is 0. The third-order valence-corrected chi connectivity index (χ3v) is 6.76. The van der Waals surface area contributed by atoms with Gasteiger partial charge in [-0.2, -0.15) is 4.31 Å². The van der Waals surface area contributed by atoms with Crippen molar-refractivity contribution in [2.24, 2.45) is 5.92 Å². The maximum absolute atomic E-state index is 12.6. The number of nitrogens with zero attached hydrogens (tertiary/aromatic N) is 2. The van der Waals surface area contributed by atoms with E-state index in [1.807, 2.05) is 0 Å². The largest absolute Gasteiger partial charge is 0.314 e. The van der Waals surface area contributed by atoms with Crippen LogP contribution in [0.5, 0.6) is 0 Å². The molecule has 0 radical (unpaired) electrons. The Bertz CT molecular complexity index is 660. The molecule has 2 aliphatic heterocycles. The molecule has 0 saturated carbocycles. The van der Waals surface area contributed by atoms with Crippen molar-refractivity contribution in [1.82, 2.24) is 9.62 Å². The summed E-state index contributed by atoms with van der Waals surface area (Å²) in [5.41, 5.74) is -0.102. The summed E-state index contributed by atoms with van der Waals surface area (Å²) in [6, 6.07) is 5.64. The molecule has 1 aromatic rings. The SMILES string of the molecule is O=[N+]([O-])c1ccc(S(=O)(=O)N2CCC(C3CCCN3)CC2)cc1. The molecule has 1 aromatic carbocycles. The van der Waals surface area contributed by atoms with Gasteiger partial charge >= 0.3 is 0 Å². The first-order valence-electron chi connectivity index (χ1n) is 7.96. The maximum Gasteiger partial charge on any atom is 0.269 e. The first kappa shape index (κ1) is 16.4. The fraction of sp³-hybridized carbons (Fsp3) is 0.600. The van der Waals surface area contributed by atoms with Gasteiger partial charge in [0.15, 0.2) is 0 Å². The highest BCUT2D eigenvalue weighted by Crippen LogP contribution is 2.29. The van der Waals surface area contributed by atoms with Crippen molar-refractivity contribution in [3.8, 4) is 0 Å². The first-order chi connectivity index (χ1) is 11.0. The van der Waals surface area contributed by atoms with Crippen LogP contribution in [0, 0.1) is 16.0 Å². The second kappa shape index (κ2) is 6.54. The number of piperidine rings is 1. The Kier molecular flexibility index (Phi) is 4.65. The van der Waals surface area contributed by atoms with Crippen LogP contribution in [-0.2, 0) is 10.0 Å². The second-order valence-electron chi connectivity index (χ2n) is 6.20. The van der Waals surface area contributed by atoms with E-state index >= 15 is 0 Å². The normalized spacial score (nSPS) is 23.9. The van der Waals surface area contributed by atoms with Crippen molar-refractivity contribution in [2.75, 3.05) is 19.6 Å². The number of nitro benzene ring substituents is 1.